The summed E-state index contributed by atoms with van der Waals surface area (Å²) in [4.78, 5) is 37.3. The Morgan fingerprint density at radius 3 is 2.71 bits per heavy atom. The SMILES string of the molecule is CC(C)(C)C(=O)SCCOC[C@H]1C[C@@](C#N)(n2ccc(=O)[nH]c2=O)C(O)C1O. The molecule has 9 nitrogen and oxygen atoms in total. The summed E-state index contributed by atoms with van der Waals surface area (Å²) in [5, 5.41) is 30.5. The molecule has 1 fully saturated rings. The van der Waals surface area contributed by atoms with Crippen LogP contribution in [0.3, 0.4) is 0 Å². The number of carbonyl (C=O) groups excluding carboxylic acids is 1. The molecule has 2 rings (SSSR count). The summed E-state index contributed by atoms with van der Waals surface area (Å²) in [6.45, 7) is 5.83. The second-order valence-electron chi connectivity index (χ2n) is 7.88. The van der Waals surface area contributed by atoms with Gasteiger partial charge >= 0.3 is 5.69 Å². The standard InChI is InChI=1S/C18H25N3O6S/c1-17(2,3)15(25)28-7-6-27-9-11-8-18(10-19,14(24)13(11)23)21-5-4-12(22)20-16(21)26/h4-5,11,13-14,23-24H,6-9H2,1-3H3,(H,20,22,26)/t11-,13?,14?,18+/m1/s1. The molecule has 0 aromatic carbocycles. The van der Waals surface area contributed by atoms with E-state index in [4.69, 9.17) is 4.74 Å². The zero-order chi connectivity index (χ0) is 21.1. The zero-order valence-corrected chi connectivity index (χ0v) is 16.9. The number of thioether (sulfide) groups is 1. The third kappa shape index (κ3) is 4.55. The van der Waals surface area contributed by atoms with Crippen LogP contribution in [0.4, 0.5) is 0 Å². The van der Waals surface area contributed by atoms with Gasteiger partial charge in [0.05, 0.1) is 25.4 Å². The Morgan fingerprint density at radius 2 is 2.14 bits per heavy atom. The van der Waals surface area contributed by atoms with Crippen molar-refractivity contribution >= 4 is 16.9 Å². The van der Waals surface area contributed by atoms with Gasteiger partial charge in [0.1, 0.15) is 6.10 Å². The summed E-state index contributed by atoms with van der Waals surface area (Å²) in [6.07, 6.45) is -1.68. The number of rotatable bonds is 6. The number of aromatic nitrogens is 2. The first-order chi connectivity index (χ1) is 13.0. The van der Waals surface area contributed by atoms with Gasteiger partial charge in [-0.1, -0.05) is 32.5 Å². The van der Waals surface area contributed by atoms with Crippen LogP contribution in [0.1, 0.15) is 27.2 Å². The van der Waals surface area contributed by atoms with Crippen LogP contribution >= 0.6 is 11.8 Å². The highest BCUT2D eigenvalue weighted by Crippen LogP contribution is 2.40. The lowest BCUT2D eigenvalue weighted by Crippen LogP contribution is -2.49. The predicted octanol–water partition coefficient (Wildman–Crippen LogP) is -0.180. The molecular formula is C18H25N3O6S. The average molecular weight is 411 g/mol. The van der Waals surface area contributed by atoms with Gasteiger partial charge in [0, 0.05) is 29.3 Å². The smallest absolute Gasteiger partial charge is 0.329 e. The third-order valence-electron chi connectivity index (χ3n) is 4.72. The number of hydrogen-bond acceptors (Lipinski definition) is 8. The topological polar surface area (TPSA) is 145 Å². The predicted molar refractivity (Wildman–Crippen MR) is 103 cm³/mol. The van der Waals surface area contributed by atoms with Crippen LogP contribution in [0, 0.1) is 22.7 Å². The Balaban J connectivity index is 2.01. The molecule has 0 radical (unpaired) electrons. The average Bonchev–Trinajstić information content (AvgIpc) is 2.86. The number of aliphatic hydroxyl groups is 2. The third-order valence-corrected chi connectivity index (χ3v) is 5.97. The number of aliphatic hydroxyl groups excluding tert-OH is 2. The van der Waals surface area contributed by atoms with Crippen molar-refractivity contribution < 1.29 is 19.7 Å². The van der Waals surface area contributed by atoms with Crippen molar-refractivity contribution in [2.75, 3.05) is 19.0 Å². The van der Waals surface area contributed by atoms with Crippen LogP contribution in [0.15, 0.2) is 21.9 Å². The first-order valence-corrected chi connectivity index (χ1v) is 9.86. The Hall–Kier alpha value is -1.93. The maximum Gasteiger partial charge on any atom is 0.329 e. The number of hydrogen-bond donors (Lipinski definition) is 3. The minimum Gasteiger partial charge on any atom is -0.390 e. The van der Waals surface area contributed by atoms with Crippen LogP contribution < -0.4 is 11.2 Å². The lowest BCUT2D eigenvalue weighted by molar-refractivity contribution is -0.117. The van der Waals surface area contributed by atoms with E-state index < -0.39 is 40.3 Å². The van der Waals surface area contributed by atoms with Gasteiger partial charge in [-0.2, -0.15) is 5.26 Å². The monoisotopic (exact) mass is 411 g/mol. The minimum absolute atomic E-state index is 0.0220. The Bertz CT molecular complexity index is 868. The molecule has 1 saturated carbocycles. The maximum atomic E-state index is 12.1. The van der Waals surface area contributed by atoms with Gasteiger partial charge in [-0.3, -0.25) is 19.1 Å². The molecule has 1 aromatic heterocycles. The molecule has 0 saturated heterocycles. The van der Waals surface area contributed by atoms with Gasteiger partial charge in [-0.15, -0.1) is 0 Å². The summed E-state index contributed by atoms with van der Waals surface area (Å²) in [7, 11) is 0. The fourth-order valence-corrected chi connectivity index (χ4v) is 3.94. The fraction of sp³-hybridized carbons (Fsp3) is 0.667. The van der Waals surface area contributed by atoms with E-state index >= 15 is 0 Å². The zero-order valence-electron chi connectivity index (χ0n) is 16.0. The van der Waals surface area contributed by atoms with Gasteiger partial charge in [-0.25, -0.2) is 4.79 Å². The van der Waals surface area contributed by atoms with E-state index in [0.29, 0.717) is 5.75 Å². The van der Waals surface area contributed by atoms with Crippen LogP contribution in [-0.2, 0) is 15.1 Å². The van der Waals surface area contributed by atoms with Crippen LogP contribution in [0.25, 0.3) is 0 Å². The van der Waals surface area contributed by atoms with Gasteiger partial charge in [0.2, 0.25) is 0 Å². The van der Waals surface area contributed by atoms with Crippen molar-refractivity contribution in [1.29, 1.82) is 5.26 Å². The van der Waals surface area contributed by atoms with Gasteiger partial charge in [0.15, 0.2) is 10.7 Å². The molecule has 154 valence electrons. The highest BCUT2D eigenvalue weighted by molar-refractivity contribution is 8.13. The van der Waals surface area contributed by atoms with E-state index in [1.807, 2.05) is 31.8 Å². The molecule has 1 aliphatic carbocycles. The van der Waals surface area contributed by atoms with Crippen molar-refractivity contribution in [2.24, 2.45) is 11.3 Å². The van der Waals surface area contributed by atoms with Crippen LogP contribution in [0.2, 0.25) is 0 Å². The first kappa shape index (κ1) is 22.4. The second-order valence-corrected chi connectivity index (χ2v) is 8.94. The minimum atomic E-state index is -1.70. The Labute approximate surface area is 166 Å². The van der Waals surface area contributed by atoms with E-state index in [0.717, 1.165) is 28.6 Å². The van der Waals surface area contributed by atoms with Crippen molar-refractivity contribution in [2.45, 2.75) is 44.9 Å². The van der Waals surface area contributed by atoms with Crippen molar-refractivity contribution in [3.05, 3.63) is 33.1 Å². The molecule has 0 bridgehead atoms. The van der Waals surface area contributed by atoms with E-state index in [2.05, 4.69) is 0 Å². The molecule has 1 aliphatic rings. The number of carbonyl (C=O) groups is 1. The highest BCUT2D eigenvalue weighted by Gasteiger charge is 2.55. The normalized spacial score (nSPS) is 27.5. The van der Waals surface area contributed by atoms with Crippen molar-refractivity contribution in [3.8, 4) is 6.07 Å². The number of nitriles is 1. The van der Waals surface area contributed by atoms with Gasteiger partial charge in [-0.05, 0) is 6.42 Å². The molecule has 0 amide bonds. The number of H-pyrrole nitrogens is 1. The lowest BCUT2D eigenvalue weighted by Gasteiger charge is -2.27. The molecular weight excluding hydrogens is 386 g/mol. The van der Waals surface area contributed by atoms with Crippen LogP contribution in [-0.4, -0.2) is 56.1 Å². The summed E-state index contributed by atoms with van der Waals surface area (Å²) < 4.78 is 6.47. The van der Waals surface area contributed by atoms with Crippen LogP contribution in [0.5, 0.6) is 0 Å². The molecule has 0 aliphatic heterocycles. The quantitative estimate of drug-likeness (QED) is 0.547. The second kappa shape index (κ2) is 8.61. The van der Waals surface area contributed by atoms with Crippen molar-refractivity contribution in [3.63, 3.8) is 0 Å². The molecule has 2 unspecified atom stereocenters. The molecule has 3 N–H and O–H groups in total. The summed E-state index contributed by atoms with van der Waals surface area (Å²) in [5.74, 6) is -0.138. The molecule has 0 spiro atoms. The van der Waals surface area contributed by atoms with E-state index in [-0.39, 0.29) is 24.7 Å². The fourth-order valence-electron chi connectivity index (χ4n) is 3.12. The van der Waals surface area contributed by atoms with E-state index in [9.17, 15) is 29.9 Å². The van der Waals surface area contributed by atoms with Crippen molar-refractivity contribution in [1.82, 2.24) is 9.55 Å². The lowest BCUT2D eigenvalue weighted by atomic mass is 9.95. The van der Waals surface area contributed by atoms with Gasteiger partial charge < -0.3 is 14.9 Å². The Kier molecular flexibility index (Phi) is 6.88. The largest absolute Gasteiger partial charge is 0.390 e. The first-order valence-electron chi connectivity index (χ1n) is 8.88. The summed E-state index contributed by atoms with van der Waals surface area (Å²) >= 11 is 1.16. The highest BCUT2D eigenvalue weighted by atomic mass is 32.2. The van der Waals surface area contributed by atoms with E-state index in [1.54, 1.807) is 0 Å². The molecule has 1 heterocycles. The van der Waals surface area contributed by atoms with Gasteiger partial charge in [0.25, 0.3) is 5.56 Å². The Morgan fingerprint density at radius 1 is 1.46 bits per heavy atom. The summed E-state index contributed by atoms with van der Waals surface area (Å²) in [6, 6.07) is 3.00. The summed E-state index contributed by atoms with van der Waals surface area (Å²) in [5.41, 5.74) is -3.60. The molecule has 1 aromatic rings. The molecule has 10 heteroatoms. The molecule has 4 atom stereocenters. The number of ether oxygens (including phenoxy) is 1. The number of nitrogens with one attached hydrogen (secondary N) is 1. The number of aromatic amines is 1. The van der Waals surface area contributed by atoms with E-state index in [1.165, 1.54) is 0 Å². The molecule has 28 heavy (non-hydrogen) atoms. The number of nitrogens with zero attached hydrogens (tertiary/aromatic N) is 2. The maximum absolute atomic E-state index is 12.1.